The molecule has 0 radical (unpaired) electrons. The lowest BCUT2D eigenvalue weighted by Gasteiger charge is -2.08. The monoisotopic (exact) mass is 269 g/mol. The lowest BCUT2D eigenvalue weighted by atomic mass is 9.80. The van der Waals surface area contributed by atoms with Crippen LogP contribution in [0.1, 0.15) is 11.1 Å². The molecule has 0 amide bonds. The first-order valence-corrected chi connectivity index (χ1v) is 6.65. The van der Waals surface area contributed by atoms with Gasteiger partial charge >= 0.3 is 7.12 Å². The summed E-state index contributed by atoms with van der Waals surface area (Å²) >= 11 is 0. The van der Waals surface area contributed by atoms with Crippen molar-refractivity contribution in [2.45, 2.75) is 13.0 Å². The predicted octanol–water partition coefficient (Wildman–Crippen LogP) is 1.20. The number of benzene rings is 2. The first kappa shape index (κ1) is 13.2. The summed E-state index contributed by atoms with van der Waals surface area (Å²) in [4.78, 5) is 0. The maximum atomic E-state index is 9.57. The Labute approximate surface area is 118 Å². The molecule has 3 N–H and O–H groups in total. The van der Waals surface area contributed by atoms with Gasteiger partial charge in [0.1, 0.15) is 11.5 Å². The molecular formula is C15H16BNO3. The Morgan fingerprint density at radius 3 is 2.65 bits per heavy atom. The van der Waals surface area contributed by atoms with Gasteiger partial charge in [-0.3, -0.25) is 0 Å². The minimum absolute atomic E-state index is 0.420. The van der Waals surface area contributed by atoms with Crippen LogP contribution in [0.2, 0.25) is 0 Å². The highest BCUT2D eigenvalue weighted by atomic mass is 16.5. The molecule has 1 aliphatic rings. The zero-order chi connectivity index (χ0) is 13.9. The molecule has 1 heterocycles. The van der Waals surface area contributed by atoms with Crippen LogP contribution in [0.15, 0.2) is 42.5 Å². The molecule has 0 aliphatic carbocycles. The second-order valence-electron chi connectivity index (χ2n) is 4.81. The van der Waals surface area contributed by atoms with Gasteiger partial charge in [-0.2, -0.15) is 0 Å². The molecule has 2 aromatic carbocycles. The molecular weight excluding hydrogens is 253 g/mol. The maximum absolute atomic E-state index is 9.57. The number of ether oxygens (including phenoxy) is 1. The fourth-order valence-electron chi connectivity index (χ4n) is 2.30. The van der Waals surface area contributed by atoms with Gasteiger partial charge in [0, 0.05) is 0 Å². The average molecular weight is 269 g/mol. The number of hydrogen-bond acceptors (Lipinski definition) is 4. The molecule has 1 aliphatic heterocycles. The van der Waals surface area contributed by atoms with Crippen molar-refractivity contribution in [3.05, 3.63) is 53.6 Å². The van der Waals surface area contributed by atoms with Crippen LogP contribution in [0.25, 0.3) is 0 Å². The Hall–Kier alpha value is -1.82. The zero-order valence-electron chi connectivity index (χ0n) is 11.1. The largest absolute Gasteiger partial charge is 0.491 e. The zero-order valence-corrected chi connectivity index (χ0v) is 11.1. The van der Waals surface area contributed by atoms with E-state index in [4.69, 9.17) is 15.1 Å². The lowest BCUT2D eigenvalue weighted by molar-refractivity contribution is 0.275. The minimum atomic E-state index is -0.811. The van der Waals surface area contributed by atoms with E-state index in [0.717, 1.165) is 28.9 Å². The quantitative estimate of drug-likeness (QED) is 0.818. The Morgan fingerprint density at radius 2 is 1.90 bits per heavy atom. The van der Waals surface area contributed by atoms with Gasteiger partial charge in [0.25, 0.3) is 0 Å². The summed E-state index contributed by atoms with van der Waals surface area (Å²) in [5.74, 6) is 1.53. The number of rotatable bonds is 4. The van der Waals surface area contributed by atoms with Crippen molar-refractivity contribution in [2.75, 3.05) is 6.54 Å². The fraction of sp³-hybridized carbons (Fsp3) is 0.200. The number of hydrogen-bond donors (Lipinski definition) is 2. The van der Waals surface area contributed by atoms with Gasteiger partial charge in [-0.1, -0.05) is 18.2 Å². The van der Waals surface area contributed by atoms with Crippen molar-refractivity contribution in [2.24, 2.45) is 5.73 Å². The Bertz CT molecular complexity index is 601. The molecule has 0 unspecified atom stereocenters. The molecule has 3 rings (SSSR count). The lowest BCUT2D eigenvalue weighted by Crippen LogP contribution is -2.27. The van der Waals surface area contributed by atoms with Crippen LogP contribution >= 0.6 is 0 Å². The Morgan fingerprint density at radius 1 is 1.15 bits per heavy atom. The van der Waals surface area contributed by atoms with Crippen molar-refractivity contribution in [1.29, 1.82) is 0 Å². The summed E-state index contributed by atoms with van der Waals surface area (Å²) < 4.78 is 11.0. The second-order valence-corrected chi connectivity index (χ2v) is 4.81. The molecule has 0 fully saturated rings. The van der Waals surface area contributed by atoms with Gasteiger partial charge in [0.2, 0.25) is 0 Å². The van der Waals surface area contributed by atoms with Crippen LogP contribution in [0.5, 0.6) is 11.5 Å². The summed E-state index contributed by atoms with van der Waals surface area (Å²) in [6.07, 6.45) is 0.869. The Kier molecular flexibility index (Phi) is 3.73. The molecule has 0 saturated heterocycles. The third kappa shape index (κ3) is 2.70. The van der Waals surface area contributed by atoms with E-state index in [1.807, 2.05) is 42.5 Å². The van der Waals surface area contributed by atoms with E-state index in [2.05, 4.69) is 0 Å². The highest BCUT2D eigenvalue weighted by Crippen LogP contribution is 2.24. The average Bonchev–Trinajstić information content (AvgIpc) is 2.83. The van der Waals surface area contributed by atoms with Crippen LogP contribution in [-0.4, -0.2) is 18.7 Å². The van der Waals surface area contributed by atoms with E-state index in [9.17, 15) is 5.02 Å². The molecule has 5 heteroatoms. The van der Waals surface area contributed by atoms with Crippen LogP contribution < -0.4 is 15.9 Å². The number of nitrogens with two attached hydrogens (primary N) is 1. The summed E-state index contributed by atoms with van der Waals surface area (Å²) in [6.45, 7) is 1.07. The van der Waals surface area contributed by atoms with Crippen molar-refractivity contribution >= 4 is 12.6 Å². The van der Waals surface area contributed by atoms with E-state index in [-0.39, 0.29) is 0 Å². The van der Waals surface area contributed by atoms with Crippen LogP contribution in [0.3, 0.4) is 0 Å². The summed E-state index contributed by atoms with van der Waals surface area (Å²) in [7, 11) is -0.811. The van der Waals surface area contributed by atoms with Crippen molar-refractivity contribution in [1.82, 2.24) is 0 Å². The molecule has 0 saturated carbocycles. The third-order valence-electron chi connectivity index (χ3n) is 3.37. The molecule has 20 heavy (non-hydrogen) atoms. The van der Waals surface area contributed by atoms with Crippen LogP contribution in [-0.2, 0) is 17.7 Å². The van der Waals surface area contributed by atoms with Crippen LogP contribution in [0, 0.1) is 0 Å². The van der Waals surface area contributed by atoms with Gasteiger partial charge in [0.05, 0.1) is 6.61 Å². The van der Waals surface area contributed by atoms with Crippen molar-refractivity contribution < 1.29 is 14.4 Å². The van der Waals surface area contributed by atoms with E-state index in [1.54, 1.807) is 0 Å². The maximum Gasteiger partial charge on any atom is 0.491 e. The molecule has 0 spiro atoms. The van der Waals surface area contributed by atoms with E-state index < -0.39 is 7.12 Å². The summed E-state index contributed by atoms with van der Waals surface area (Å²) in [5, 5.41) is 9.57. The van der Waals surface area contributed by atoms with Gasteiger partial charge < -0.3 is 20.1 Å². The summed E-state index contributed by atoms with van der Waals surface area (Å²) in [6, 6.07) is 13.5. The van der Waals surface area contributed by atoms with Gasteiger partial charge in [-0.25, -0.2) is 0 Å². The Balaban J connectivity index is 1.74. The van der Waals surface area contributed by atoms with Gasteiger partial charge in [0.15, 0.2) is 0 Å². The molecule has 0 bridgehead atoms. The second kappa shape index (κ2) is 5.67. The predicted molar refractivity (Wildman–Crippen MR) is 78.1 cm³/mol. The standard InChI is InChI=1S/C15H16BNO3/c17-8-7-11-1-3-13(4-2-11)20-14-5-6-15-12(9-14)10-19-16(15)18/h1-6,9,18H,7-8,10,17H2. The van der Waals surface area contributed by atoms with Gasteiger partial charge in [-0.15, -0.1) is 0 Å². The molecule has 2 aromatic rings. The molecule has 0 aromatic heterocycles. The van der Waals surface area contributed by atoms with E-state index in [1.165, 1.54) is 5.56 Å². The van der Waals surface area contributed by atoms with E-state index >= 15 is 0 Å². The molecule has 0 atom stereocenters. The van der Waals surface area contributed by atoms with Crippen molar-refractivity contribution in [3.8, 4) is 11.5 Å². The third-order valence-corrected chi connectivity index (χ3v) is 3.37. The smallest absolute Gasteiger partial charge is 0.457 e. The summed E-state index contributed by atoms with van der Waals surface area (Å²) in [5.41, 5.74) is 8.50. The van der Waals surface area contributed by atoms with Gasteiger partial charge in [-0.05, 0) is 53.8 Å². The number of fused-ring (bicyclic) bond motifs is 1. The topological polar surface area (TPSA) is 64.7 Å². The van der Waals surface area contributed by atoms with Crippen LogP contribution in [0.4, 0.5) is 0 Å². The molecule has 4 nitrogen and oxygen atoms in total. The normalized spacial score (nSPS) is 13.4. The fourth-order valence-corrected chi connectivity index (χ4v) is 2.30. The highest BCUT2D eigenvalue weighted by molar-refractivity contribution is 6.61. The SMILES string of the molecule is NCCc1ccc(Oc2ccc3c(c2)COB3O)cc1. The van der Waals surface area contributed by atoms with E-state index in [0.29, 0.717) is 13.2 Å². The highest BCUT2D eigenvalue weighted by Gasteiger charge is 2.27. The molecule has 102 valence electrons. The van der Waals surface area contributed by atoms with Crippen molar-refractivity contribution in [3.63, 3.8) is 0 Å². The first-order chi connectivity index (χ1) is 9.76. The minimum Gasteiger partial charge on any atom is -0.457 e. The first-order valence-electron chi connectivity index (χ1n) is 6.65.